The zero-order valence-electron chi connectivity index (χ0n) is 10.1. The smallest absolute Gasteiger partial charge is 0.256 e. The number of amides is 1. The highest BCUT2D eigenvalue weighted by Gasteiger charge is 2.07. The second kappa shape index (κ2) is 6.26. The van der Waals surface area contributed by atoms with Crippen molar-refractivity contribution in [3.05, 3.63) is 52.7 Å². The van der Waals surface area contributed by atoms with E-state index in [2.05, 4.69) is 15.5 Å². The van der Waals surface area contributed by atoms with Crippen LogP contribution in [0.3, 0.4) is 0 Å². The summed E-state index contributed by atoms with van der Waals surface area (Å²) >= 11 is 5.62. The molecule has 0 fully saturated rings. The van der Waals surface area contributed by atoms with Gasteiger partial charge in [0.05, 0.1) is 0 Å². The number of nitrogens with one attached hydrogen (secondary N) is 1. The largest absolute Gasteiger partial charge is 0.330 e. The molecule has 3 N–H and O–H groups in total. The van der Waals surface area contributed by atoms with Gasteiger partial charge in [0.25, 0.3) is 5.91 Å². The highest BCUT2D eigenvalue weighted by Crippen LogP contribution is 2.09. The molecule has 2 aromatic rings. The van der Waals surface area contributed by atoms with Gasteiger partial charge in [0, 0.05) is 5.56 Å². The van der Waals surface area contributed by atoms with Crippen LogP contribution in [-0.2, 0) is 6.42 Å². The maximum atomic E-state index is 11.9. The van der Waals surface area contributed by atoms with Crippen LogP contribution in [0.15, 0.2) is 36.4 Å². The summed E-state index contributed by atoms with van der Waals surface area (Å²) in [5.74, 6) is 0.122. The van der Waals surface area contributed by atoms with E-state index in [1.165, 1.54) is 0 Å². The minimum atomic E-state index is -0.240. The van der Waals surface area contributed by atoms with E-state index in [4.69, 9.17) is 17.3 Å². The van der Waals surface area contributed by atoms with Crippen LogP contribution in [0.25, 0.3) is 0 Å². The van der Waals surface area contributed by atoms with Crippen molar-refractivity contribution < 1.29 is 4.79 Å². The lowest BCUT2D eigenvalue weighted by molar-refractivity contribution is 0.102. The number of hydrogen-bond acceptors (Lipinski definition) is 4. The predicted octanol–water partition coefficient (Wildman–Crippen LogP) is 1.88. The van der Waals surface area contributed by atoms with E-state index in [1.807, 2.05) is 12.1 Å². The van der Waals surface area contributed by atoms with Crippen molar-refractivity contribution in [1.82, 2.24) is 10.2 Å². The third kappa shape index (κ3) is 3.74. The molecule has 0 atom stereocenters. The predicted molar refractivity (Wildman–Crippen MR) is 74.2 cm³/mol. The lowest BCUT2D eigenvalue weighted by atomic mass is 10.1. The number of nitrogens with two attached hydrogens (primary N) is 1. The van der Waals surface area contributed by atoms with Crippen molar-refractivity contribution in [2.24, 2.45) is 5.73 Å². The average molecular weight is 277 g/mol. The van der Waals surface area contributed by atoms with Gasteiger partial charge in [0.15, 0.2) is 11.0 Å². The first-order valence-corrected chi connectivity index (χ1v) is 6.16. The summed E-state index contributed by atoms with van der Waals surface area (Å²) in [6.07, 6.45) is 0.796. The monoisotopic (exact) mass is 276 g/mol. The molecule has 0 unspecified atom stereocenters. The Labute approximate surface area is 115 Å². The van der Waals surface area contributed by atoms with Crippen molar-refractivity contribution in [2.45, 2.75) is 6.42 Å². The molecule has 0 aliphatic rings. The van der Waals surface area contributed by atoms with Gasteiger partial charge in [-0.25, -0.2) is 0 Å². The van der Waals surface area contributed by atoms with Gasteiger partial charge in [0.2, 0.25) is 0 Å². The molecule has 0 spiro atoms. The maximum absolute atomic E-state index is 11.9. The number of halogens is 1. The van der Waals surface area contributed by atoms with Gasteiger partial charge in [-0.1, -0.05) is 23.7 Å². The molecule has 5 nitrogen and oxygen atoms in total. The molecule has 0 saturated heterocycles. The number of carbonyl (C=O) groups excluding carboxylic acids is 1. The Balaban J connectivity index is 2.05. The Kier molecular flexibility index (Phi) is 4.43. The summed E-state index contributed by atoms with van der Waals surface area (Å²) in [6, 6.07) is 10.4. The van der Waals surface area contributed by atoms with Crippen LogP contribution in [0, 0.1) is 0 Å². The maximum Gasteiger partial charge on any atom is 0.256 e. The third-order valence-corrected chi connectivity index (χ3v) is 2.72. The van der Waals surface area contributed by atoms with Crippen molar-refractivity contribution >= 4 is 23.3 Å². The zero-order chi connectivity index (χ0) is 13.7. The molecule has 1 amide bonds. The van der Waals surface area contributed by atoms with Gasteiger partial charge in [-0.3, -0.25) is 4.79 Å². The van der Waals surface area contributed by atoms with E-state index in [1.54, 1.807) is 24.3 Å². The van der Waals surface area contributed by atoms with Crippen LogP contribution < -0.4 is 11.1 Å². The molecule has 0 radical (unpaired) electrons. The van der Waals surface area contributed by atoms with E-state index in [0.29, 0.717) is 17.9 Å². The van der Waals surface area contributed by atoms with Gasteiger partial charge in [0.1, 0.15) is 0 Å². The molecule has 1 heterocycles. The van der Waals surface area contributed by atoms with Crippen molar-refractivity contribution in [3.8, 4) is 0 Å². The summed E-state index contributed by atoms with van der Waals surface area (Å²) in [7, 11) is 0. The quantitative estimate of drug-likeness (QED) is 0.893. The average Bonchev–Trinajstić information content (AvgIpc) is 2.42. The van der Waals surface area contributed by atoms with E-state index in [-0.39, 0.29) is 11.1 Å². The van der Waals surface area contributed by atoms with E-state index in [0.717, 1.165) is 12.0 Å². The molecular formula is C13H13ClN4O. The number of rotatable bonds is 4. The SMILES string of the molecule is NCCc1ccc(C(=O)Nc2ccc(Cl)nn2)cc1. The summed E-state index contributed by atoms with van der Waals surface area (Å²) in [5, 5.41) is 10.3. The van der Waals surface area contributed by atoms with Crippen LogP contribution in [0.4, 0.5) is 5.82 Å². The Morgan fingerprint density at radius 1 is 1.16 bits per heavy atom. The van der Waals surface area contributed by atoms with E-state index < -0.39 is 0 Å². The standard InChI is InChI=1S/C13H13ClN4O/c14-11-5-6-12(18-17-11)16-13(19)10-3-1-9(2-4-10)7-8-15/h1-6H,7-8,15H2,(H,16,18,19). The lowest BCUT2D eigenvalue weighted by Crippen LogP contribution is -2.13. The highest BCUT2D eigenvalue weighted by atomic mass is 35.5. The highest BCUT2D eigenvalue weighted by molar-refractivity contribution is 6.29. The summed E-state index contributed by atoms with van der Waals surface area (Å²) in [5.41, 5.74) is 7.12. The Morgan fingerprint density at radius 3 is 2.47 bits per heavy atom. The topological polar surface area (TPSA) is 80.9 Å². The summed E-state index contributed by atoms with van der Waals surface area (Å²) in [6.45, 7) is 0.589. The Morgan fingerprint density at radius 2 is 1.89 bits per heavy atom. The molecule has 19 heavy (non-hydrogen) atoms. The minimum absolute atomic E-state index is 0.240. The summed E-state index contributed by atoms with van der Waals surface area (Å²) < 4.78 is 0. The first-order valence-electron chi connectivity index (χ1n) is 5.78. The van der Waals surface area contributed by atoms with Crippen LogP contribution in [0.2, 0.25) is 5.15 Å². The van der Waals surface area contributed by atoms with Gasteiger partial charge in [-0.15, -0.1) is 10.2 Å². The van der Waals surface area contributed by atoms with Crippen LogP contribution in [0.1, 0.15) is 15.9 Å². The fraction of sp³-hybridized carbons (Fsp3) is 0.154. The van der Waals surface area contributed by atoms with Crippen LogP contribution in [-0.4, -0.2) is 22.6 Å². The molecule has 1 aromatic carbocycles. The van der Waals surface area contributed by atoms with Crippen molar-refractivity contribution in [2.75, 3.05) is 11.9 Å². The molecule has 0 saturated carbocycles. The second-order valence-electron chi connectivity index (χ2n) is 3.93. The first kappa shape index (κ1) is 13.5. The molecule has 2 rings (SSSR count). The molecule has 0 aliphatic heterocycles. The van der Waals surface area contributed by atoms with E-state index in [9.17, 15) is 4.79 Å². The van der Waals surface area contributed by atoms with Crippen LogP contribution in [0.5, 0.6) is 0 Å². The second-order valence-corrected chi connectivity index (χ2v) is 4.32. The van der Waals surface area contributed by atoms with E-state index >= 15 is 0 Å². The molecule has 0 bridgehead atoms. The Hall–Kier alpha value is -1.98. The van der Waals surface area contributed by atoms with Crippen molar-refractivity contribution in [1.29, 1.82) is 0 Å². The lowest BCUT2D eigenvalue weighted by Gasteiger charge is -2.04. The number of benzene rings is 1. The number of aromatic nitrogens is 2. The number of hydrogen-bond donors (Lipinski definition) is 2. The van der Waals surface area contributed by atoms with Gasteiger partial charge in [-0.2, -0.15) is 0 Å². The third-order valence-electron chi connectivity index (χ3n) is 2.52. The Bertz CT molecular complexity index is 554. The first-order chi connectivity index (χ1) is 9.19. The molecule has 1 aromatic heterocycles. The van der Waals surface area contributed by atoms with Gasteiger partial charge < -0.3 is 11.1 Å². The fourth-order valence-corrected chi connectivity index (χ4v) is 1.66. The number of nitrogens with zero attached hydrogens (tertiary/aromatic N) is 2. The minimum Gasteiger partial charge on any atom is -0.330 e. The molecule has 6 heteroatoms. The number of anilines is 1. The molecule has 98 valence electrons. The summed E-state index contributed by atoms with van der Waals surface area (Å²) in [4.78, 5) is 11.9. The zero-order valence-corrected chi connectivity index (χ0v) is 10.9. The molecule has 0 aliphatic carbocycles. The van der Waals surface area contributed by atoms with Gasteiger partial charge >= 0.3 is 0 Å². The fourth-order valence-electron chi connectivity index (χ4n) is 1.56. The van der Waals surface area contributed by atoms with Gasteiger partial charge in [-0.05, 0) is 42.8 Å². The number of carbonyl (C=O) groups is 1. The van der Waals surface area contributed by atoms with Crippen molar-refractivity contribution in [3.63, 3.8) is 0 Å². The molecular weight excluding hydrogens is 264 g/mol. The van der Waals surface area contributed by atoms with Crippen LogP contribution >= 0.6 is 11.6 Å². The normalized spacial score (nSPS) is 10.2.